The molecule has 3 rings (SSSR count). The topological polar surface area (TPSA) is 32.3 Å². The highest BCUT2D eigenvalue weighted by molar-refractivity contribution is 5.91. The quantitative estimate of drug-likeness (QED) is 0.816. The van der Waals surface area contributed by atoms with Gasteiger partial charge in [0.25, 0.3) is 0 Å². The Morgan fingerprint density at radius 2 is 1.76 bits per heavy atom. The molecule has 3 heteroatoms. The van der Waals surface area contributed by atoms with Gasteiger partial charge in [-0.15, -0.1) is 0 Å². The molecule has 0 aromatic heterocycles. The van der Waals surface area contributed by atoms with E-state index < -0.39 is 0 Å². The highest BCUT2D eigenvalue weighted by atomic mass is 16.1. The van der Waals surface area contributed by atoms with Crippen molar-refractivity contribution in [2.45, 2.75) is 57.9 Å². The maximum absolute atomic E-state index is 12.1. The van der Waals surface area contributed by atoms with Crippen LogP contribution in [0.3, 0.4) is 0 Å². The lowest BCUT2D eigenvalue weighted by Crippen LogP contribution is -2.45. The van der Waals surface area contributed by atoms with Crippen LogP contribution in [0.25, 0.3) is 6.08 Å². The third kappa shape index (κ3) is 6.00. The monoisotopic (exact) mass is 340 g/mol. The summed E-state index contributed by atoms with van der Waals surface area (Å²) >= 11 is 0. The number of carbonyl (C=O) groups excluding carboxylic acids is 1. The van der Waals surface area contributed by atoms with Crippen LogP contribution in [0.5, 0.6) is 0 Å². The number of nitrogens with one attached hydrogen (secondary N) is 1. The Balaban J connectivity index is 1.37. The van der Waals surface area contributed by atoms with Crippen LogP contribution >= 0.6 is 0 Å². The van der Waals surface area contributed by atoms with Crippen molar-refractivity contribution in [2.75, 3.05) is 19.6 Å². The maximum Gasteiger partial charge on any atom is 0.244 e. The van der Waals surface area contributed by atoms with E-state index in [-0.39, 0.29) is 5.91 Å². The molecule has 0 unspecified atom stereocenters. The van der Waals surface area contributed by atoms with E-state index in [0.717, 1.165) is 37.4 Å². The van der Waals surface area contributed by atoms with E-state index in [2.05, 4.69) is 29.3 Å². The van der Waals surface area contributed by atoms with Crippen LogP contribution in [-0.2, 0) is 4.79 Å². The van der Waals surface area contributed by atoms with Crippen molar-refractivity contribution in [1.82, 2.24) is 10.2 Å². The first-order chi connectivity index (χ1) is 12.2. The summed E-state index contributed by atoms with van der Waals surface area (Å²) in [6, 6.07) is 8.56. The number of carbonyl (C=O) groups is 1. The molecule has 1 saturated carbocycles. The Hall–Kier alpha value is -1.61. The van der Waals surface area contributed by atoms with E-state index in [1.807, 2.05) is 18.2 Å². The van der Waals surface area contributed by atoms with E-state index in [9.17, 15) is 4.79 Å². The van der Waals surface area contributed by atoms with Crippen LogP contribution in [0.1, 0.15) is 56.1 Å². The summed E-state index contributed by atoms with van der Waals surface area (Å²) in [5, 5.41) is 3.17. The number of nitrogens with zero attached hydrogens (tertiary/aromatic N) is 1. The van der Waals surface area contributed by atoms with Crippen LogP contribution in [-0.4, -0.2) is 36.5 Å². The second-order valence-electron chi connectivity index (χ2n) is 7.83. The molecule has 136 valence electrons. The summed E-state index contributed by atoms with van der Waals surface area (Å²) in [4.78, 5) is 14.8. The van der Waals surface area contributed by atoms with Gasteiger partial charge in [0.05, 0.1) is 0 Å². The number of rotatable bonds is 5. The molecule has 1 heterocycles. The summed E-state index contributed by atoms with van der Waals surface area (Å²) in [6.07, 6.45) is 12.8. The predicted octanol–water partition coefficient (Wildman–Crippen LogP) is 4.17. The van der Waals surface area contributed by atoms with E-state index in [1.165, 1.54) is 44.2 Å². The molecule has 2 aliphatic rings. The minimum Gasteiger partial charge on any atom is -0.350 e. The zero-order chi connectivity index (χ0) is 17.5. The molecule has 1 aromatic rings. The van der Waals surface area contributed by atoms with Crippen LogP contribution in [0, 0.1) is 12.8 Å². The molecule has 1 amide bonds. The summed E-state index contributed by atoms with van der Waals surface area (Å²) in [5.41, 5.74) is 2.31. The van der Waals surface area contributed by atoms with Gasteiger partial charge in [-0.1, -0.05) is 49.1 Å². The molecule has 0 bridgehead atoms. The number of piperidine rings is 1. The van der Waals surface area contributed by atoms with Gasteiger partial charge in [-0.2, -0.15) is 0 Å². The van der Waals surface area contributed by atoms with Crippen molar-refractivity contribution < 1.29 is 4.79 Å². The number of likely N-dealkylation sites (tertiary alicyclic amines) is 1. The third-order valence-corrected chi connectivity index (χ3v) is 5.68. The van der Waals surface area contributed by atoms with Gasteiger partial charge >= 0.3 is 0 Å². The SMILES string of the molecule is Cc1ccc(/C=C/C(=O)NC2CCN(CC3CCCCC3)CC2)cc1. The Morgan fingerprint density at radius 3 is 2.44 bits per heavy atom. The van der Waals surface area contributed by atoms with Gasteiger partial charge in [-0.3, -0.25) is 4.79 Å². The second kappa shape index (κ2) is 9.19. The Kier molecular flexibility index (Phi) is 6.69. The van der Waals surface area contributed by atoms with Gasteiger partial charge in [-0.25, -0.2) is 0 Å². The van der Waals surface area contributed by atoms with Crippen molar-refractivity contribution in [3.63, 3.8) is 0 Å². The summed E-state index contributed by atoms with van der Waals surface area (Å²) < 4.78 is 0. The fraction of sp³-hybridized carbons (Fsp3) is 0.591. The fourth-order valence-electron chi connectivity index (χ4n) is 4.09. The van der Waals surface area contributed by atoms with Crippen LogP contribution in [0.2, 0.25) is 0 Å². The molecule has 2 fully saturated rings. The maximum atomic E-state index is 12.1. The van der Waals surface area contributed by atoms with E-state index in [0.29, 0.717) is 6.04 Å². The molecule has 3 nitrogen and oxygen atoms in total. The first-order valence-corrected chi connectivity index (χ1v) is 9.96. The van der Waals surface area contributed by atoms with E-state index >= 15 is 0 Å². The van der Waals surface area contributed by atoms with Gasteiger partial charge in [-0.05, 0) is 50.2 Å². The van der Waals surface area contributed by atoms with E-state index in [4.69, 9.17) is 0 Å². The molecular weight excluding hydrogens is 308 g/mol. The molecular formula is C22H32N2O. The molecule has 0 spiro atoms. The van der Waals surface area contributed by atoms with Crippen LogP contribution in [0.15, 0.2) is 30.3 Å². The predicted molar refractivity (Wildman–Crippen MR) is 104 cm³/mol. The smallest absolute Gasteiger partial charge is 0.244 e. The first kappa shape index (κ1) is 18.2. The summed E-state index contributed by atoms with van der Waals surface area (Å²) in [6.45, 7) is 5.60. The first-order valence-electron chi connectivity index (χ1n) is 9.96. The highest BCUT2D eigenvalue weighted by Gasteiger charge is 2.23. The molecule has 1 saturated heterocycles. The minimum atomic E-state index is 0.0336. The molecule has 0 radical (unpaired) electrons. The second-order valence-corrected chi connectivity index (χ2v) is 7.83. The third-order valence-electron chi connectivity index (χ3n) is 5.68. The molecule has 1 aromatic carbocycles. The lowest BCUT2D eigenvalue weighted by atomic mass is 9.88. The number of aryl methyl sites for hydroxylation is 1. The number of hydrogen-bond acceptors (Lipinski definition) is 2. The van der Waals surface area contributed by atoms with Gasteiger partial charge in [0.1, 0.15) is 0 Å². The Bertz CT molecular complexity index is 564. The molecule has 1 aliphatic carbocycles. The number of amides is 1. The average Bonchev–Trinajstić information content (AvgIpc) is 2.64. The molecule has 25 heavy (non-hydrogen) atoms. The highest BCUT2D eigenvalue weighted by Crippen LogP contribution is 2.25. The Labute approximate surface area is 152 Å². The van der Waals surface area contributed by atoms with E-state index in [1.54, 1.807) is 6.08 Å². The Morgan fingerprint density at radius 1 is 1.08 bits per heavy atom. The van der Waals surface area contributed by atoms with Gasteiger partial charge < -0.3 is 10.2 Å². The lowest BCUT2D eigenvalue weighted by Gasteiger charge is -2.35. The molecule has 1 aliphatic heterocycles. The van der Waals surface area contributed by atoms with Crippen LogP contribution in [0.4, 0.5) is 0 Å². The summed E-state index contributed by atoms with van der Waals surface area (Å²) in [7, 11) is 0. The molecule has 0 atom stereocenters. The van der Waals surface area contributed by atoms with Crippen LogP contribution < -0.4 is 5.32 Å². The molecule has 1 N–H and O–H groups in total. The zero-order valence-electron chi connectivity index (χ0n) is 15.5. The van der Waals surface area contributed by atoms with Crippen molar-refractivity contribution >= 4 is 12.0 Å². The lowest BCUT2D eigenvalue weighted by molar-refractivity contribution is -0.117. The van der Waals surface area contributed by atoms with Gasteiger partial charge in [0.15, 0.2) is 0 Å². The van der Waals surface area contributed by atoms with Crippen molar-refractivity contribution in [3.05, 3.63) is 41.5 Å². The van der Waals surface area contributed by atoms with Gasteiger partial charge in [0, 0.05) is 31.8 Å². The number of hydrogen-bond donors (Lipinski definition) is 1. The normalized spacial score (nSPS) is 20.8. The minimum absolute atomic E-state index is 0.0336. The fourth-order valence-corrected chi connectivity index (χ4v) is 4.09. The van der Waals surface area contributed by atoms with Crippen molar-refractivity contribution in [2.24, 2.45) is 5.92 Å². The van der Waals surface area contributed by atoms with Crippen molar-refractivity contribution in [1.29, 1.82) is 0 Å². The number of benzene rings is 1. The average molecular weight is 341 g/mol. The van der Waals surface area contributed by atoms with Crippen molar-refractivity contribution in [3.8, 4) is 0 Å². The largest absolute Gasteiger partial charge is 0.350 e. The standard InChI is InChI=1S/C22H32N2O/c1-18-7-9-19(10-8-18)11-12-22(25)23-21-13-15-24(16-14-21)17-20-5-3-2-4-6-20/h7-12,20-21H,2-6,13-17H2,1H3,(H,23,25)/b12-11+. The summed E-state index contributed by atoms with van der Waals surface area (Å²) in [5.74, 6) is 0.948. The zero-order valence-corrected chi connectivity index (χ0v) is 15.5. The van der Waals surface area contributed by atoms with Gasteiger partial charge in [0.2, 0.25) is 5.91 Å².